The van der Waals surface area contributed by atoms with Crippen LogP contribution in [0.1, 0.15) is 19.3 Å². The molecule has 8 nitrogen and oxygen atoms in total. The van der Waals surface area contributed by atoms with Crippen LogP contribution in [0.2, 0.25) is 0 Å². The first kappa shape index (κ1) is 20.5. The fourth-order valence-electron chi connectivity index (χ4n) is 3.09. The molecule has 1 aliphatic carbocycles. The summed E-state index contributed by atoms with van der Waals surface area (Å²) >= 11 is 0. The number of nitrogens with zero attached hydrogens (tertiary/aromatic N) is 1. The Morgan fingerprint density at radius 2 is 1.62 bits per heavy atom. The summed E-state index contributed by atoms with van der Waals surface area (Å²) in [6.07, 6.45) is 5.68. The lowest BCUT2D eigenvalue weighted by molar-refractivity contribution is -0.143. The molecule has 0 saturated carbocycles. The number of likely N-dealkylation sites (tertiary alicyclic amines) is 1. The molecule has 0 aromatic rings. The van der Waals surface area contributed by atoms with Gasteiger partial charge in [0.05, 0.1) is 38.3 Å². The minimum Gasteiger partial charge on any atom is -0.382 e. The van der Waals surface area contributed by atoms with Gasteiger partial charge in [0.1, 0.15) is 6.54 Å². The van der Waals surface area contributed by atoms with Crippen molar-refractivity contribution in [1.82, 2.24) is 10.2 Å². The summed E-state index contributed by atoms with van der Waals surface area (Å²) in [7, 11) is 1.62. The van der Waals surface area contributed by atoms with Crippen LogP contribution in [0.5, 0.6) is 0 Å². The molecule has 2 rings (SSSR count). The molecule has 1 aliphatic heterocycles. The standard InChI is InChI=1S/C18H28N2O6/c1-24-9-10-26-12-11-25-8-4-7-19-16(21)13-20-17(22)14-5-2-3-6-15(14)18(20)23/h2-3,14-15H,4-13H2,1H3,(H,19,21)/t14-,15+. The maximum absolute atomic E-state index is 12.3. The van der Waals surface area contributed by atoms with E-state index in [4.69, 9.17) is 14.2 Å². The van der Waals surface area contributed by atoms with Crippen molar-refractivity contribution in [3.05, 3.63) is 12.2 Å². The number of hydrogen-bond donors (Lipinski definition) is 1. The van der Waals surface area contributed by atoms with Gasteiger partial charge in [-0.15, -0.1) is 0 Å². The highest BCUT2D eigenvalue weighted by Crippen LogP contribution is 2.34. The Kier molecular flexibility index (Phi) is 8.73. The van der Waals surface area contributed by atoms with Crippen molar-refractivity contribution in [3.63, 3.8) is 0 Å². The quantitative estimate of drug-likeness (QED) is 0.299. The fraction of sp³-hybridized carbons (Fsp3) is 0.722. The minimum absolute atomic E-state index is 0.196. The number of rotatable bonds is 12. The minimum atomic E-state index is -0.318. The fourth-order valence-corrected chi connectivity index (χ4v) is 3.09. The molecule has 146 valence electrons. The van der Waals surface area contributed by atoms with Crippen LogP contribution in [0, 0.1) is 11.8 Å². The van der Waals surface area contributed by atoms with Crippen LogP contribution in [-0.2, 0) is 28.6 Å². The molecule has 3 amide bonds. The highest BCUT2D eigenvalue weighted by atomic mass is 16.5. The molecular formula is C18H28N2O6. The van der Waals surface area contributed by atoms with E-state index in [1.54, 1.807) is 7.11 Å². The van der Waals surface area contributed by atoms with Crippen LogP contribution in [-0.4, -0.2) is 75.9 Å². The highest BCUT2D eigenvalue weighted by Gasteiger charge is 2.47. The molecular weight excluding hydrogens is 340 g/mol. The number of ether oxygens (including phenoxy) is 3. The van der Waals surface area contributed by atoms with E-state index in [0.29, 0.717) is 58.8 Å². The molecule has 8 heteroatoms. The maximum atomic E-state index is 12.3. The topological polar surface area (TPSA) is 94.2 Å². The highest BCUT2D eigenvalue weighted by molar-refractivity contribution is 6.07. The third-order valence-electron chi connectivity index (χ3n) is 4.49. The number of allylic oxidation sites excluding steroid dienone is 2. The van der Waals surface area contributed by atoms with Crippen molar-refractivity contribution in [2.75, 3.05) is 53.2 Å². The van der Waals surface area contributed by atoms with E-state index in [9.17, 15) is 14.4 Å². The van der Waals surface area contributed by atoms with E-state index < -0.39 is 0 Å². The lowest BCUT2D eigenvalue weighted by atomic mass is 9.85. The zero-order valence-corrected chi connectivity index (χ0v) is 15.3. The first-order valence-corrected chi connectivity index (χ1v) is 9.06. The summed E-state index contributed by atoms with van der Waals surface area (Å²) in [5.41, 5.74) is 0. The molecule has 26 heavy (non-hydrogen) atoms. The van der Waals surface area contributed by atoms with Crippen molar-refractivity contribution < 1.29 is 28.6 Å². The number of imide groups is 1. The predicted octanol–water partition coefficient (Wildman–Crippen LogP) is 0.124. The maximum Gasteiger partial charge on any atom is 0.240 e. The number of nitrogens with one attached hydrogen (secondary N) is 1. The van der Waals surface area contributed by atoms with E-state index >= 15 is 0 Å². The molecule has 0 aromatic heterocycles. The molecule has 0 spiro atoms. The predicted molar refractivity (Wildman–Crippen MR) is 93.2 cm³/mol. The van der Waals surface area contributed by atoms with Crippen molar-refractivity contribution in [3.8, 4) is 0 Å². The normalized spacial score (nSPS) is 22.0. The first-order valence-electron chi connectivity index (χ1n) is 9.06. The molecule has 1 saturated heterocycles. The second kappa shape index (κ2) is 11.1. The van der Waals surface area contributed by atoms with Crippen molar-refractivity contribution in [2.45, 2.75) is 19.3 Å². The van der Waals surface area contributed by atoms with E-state index in [0.717, 1.165) is 4.90 Å². The van der Waals surface area contributed by atoms with E-state index in [1.165, 1.54) is 0 Å². The largest absolute Gasteiger partial charge is 0.382 e. The smallest absolute Gasteiger partial charge is 0.240 e. The van der Waals surface area contributed by atoms with Gasteiger partial charge in [0.25, 0.3) is 0 Å². The Bertz CT molecular complexity index is 496. The number of fused-ring (bicyclic) bond motifs is 1. The molecule has 2 aliphatic rings. The Morgan fingerprint density at radius 3 is 2.23 bits per heavy atom. The average molecular weight is 368 g/mol. The van der Waals surface area contributed by atoms with Crippen molar-refractivity contribution in [2.24, 2.45) is 11.8 Å². The van der Waals surface area contributed by atoms with Gasteiger partial charge in [0.15, 0.2) is 0 Å². The lowest BCUT2D eigenvalue weighted by Crippen LogP contribution is -2.41. The summed E-state index contributed by atoms with van der Waals surface area (Å²) < 4.78 is 15.5. The third kappa shape index (κ3) is 5.89. The molecule has 0 bridgehead atoms. The van der Waals surface area contributed by atoms with E-state index in [-0.39, 0.29) is 36.1 Å². The molecule has 2 atom stereocenters. The second-order valence-corrected chi connectivity index (χ2v) is 6.34. The molecule has 0 radical (unpaired) electrons. The monoisotopic (exact) mass is 368 g/mol. The first-order chi connectivity index (χ1) is 12.6. The molecule has 0 unspecified atom stereocenters. The molecule has 1 fully saturated rings. The van der Waals surface area contributed by atoms with Crippen LogP contribution < -0.4 is 5.32 Å². The van der Waals surface area contributed by atoms with Crippen LogP contribution in [0.15, 0.2) is 12.2 Å². The van der Waals surface area contributed by atoms with Crippen LogP contribution in [0.25, 0.3) is 0 Å². The van der Waals surface area contributed by atoms with Gasteiger partial charge in [-0.2, -0.15) is 0 Å². The summed E-state index contributed by atoms with van der Waals surface area (Å²) in [5, 5.41) is 2.72. The lowest BCUT2D eigenvalue weighted by Gasteiger charge is -2.14. The molecule has 1 N–H and O–H groups in total. The number of carbonyl (C=O) groups is 3. The summed E-state index contributed by atoms with van der Waals surface area (Å²) in [4.78, 5) is 37.6. The SMILES string of the molecule is COCCOCCOCCCNC(=O)CN1C(=O)[C@H]2CC=CC[C@H]2C1=O. The van der Waals surface area contributed by atoms with Crippen molar-refractivity contribution >= 4 is 17.7 Å². The van der Waals surface area contributed by atoms with Crippen LogP contribution >= 0.6 is 0 Å². The number of methoxy groups -OCH3 is 1. The second-order valence-electron chi connectivity index (χ2n) is 6.34. The molecule has 0 aromatic carbocycles. The van der Waals surface area contributed by atoms with Gasteiger partial charge in [-0.3, -0.25) is 19.3 Å². The summed E-state index contributed by atoms with van der Waals surface area (Å²) in [5.74, 6) is -1.35. The van der Waals surface area contributed by atoms with Crippen molar-refractivity contribution in [1.29, 1.82) is 0 Å². The van der Waals surface area contributed by atoms with Crippen LogP contribution in [0.4, 0.5) is 0 Å². The van der Waals surface area contributed by atoms with Gasteiger partial charge in [-0.25, -0.2) is 0 Å². The number of amides is 3. The van der Waals surface area contributed by atoms with E-state index in [1.807, 2.05) is 12.2 Å². The van der Waals surface area contributed by atoms with E-state index in [2.05, 4.69) is 5.32 Å². The summed E-state index contributed by atoms with van der Waals surface area (Å²) in [6.45, 7) is 2.85. The zero-order chi connectivity index (χ0) is 18.8. The van der Waals surface area contributed by atoms with Gasteiger partial charge in [-0.1, -0.05) is 12.2 Å². The van der Waals surface area contributed by atoms with Gasteiger partial charge in [-0.05, 0) is 19.3 Å². The van der Waals surface area contributed by atoms with Crippen LogP contribution in [0.3, 0.4) is 0 Å². The average Bonchev–Trinajstić information content (AvgIpc) is 2.88. The Balaban J connectivity index is 1.54. The Labute approximate surface area is 153 Å². The zero-order valence-electron chi connectivity index (χ0n) is 15.3. The van der Waals surface area contributed by atoms with Gasteiger partial charge < -0.3 is 19.5 Å². The Morgan fingerprint density at radius 1 is 1.04 bits per heavy atom. The van der Waals surface area contributed by atoms with Gasteiger partial charge in [0, 0.05) is 20.3 Å². The third-order valence-corrected chi connectivity index (χ3v) is 4.49. The van der Waals surface area contributed by atoms with Gasteiger partial charge in [0.2, 0.25) is 17.7 Å². The number of carbonyl (C=O) groups excluding carboxylic acids is 3. The Hall–Kier alpha value is -1.77. The molecule has 1 heterocycles. The van der Waals surface area contributed by atoms with Gasteiger partial charge >= 0.3 is 0 Å². The summed E-state index contributed by atoms with van der Waals surface area (Å²) in [6, 6.07) is 0. The number of hydrogen-bond acceptors (Lipinski definition) is 6.